The maximum absolute atomic E-state index is 13.2. The predicted octanol–water partition coefficient (Wildman–Crippen LogP) is 5.54. The lowest BCUT2D eigenvalue weighted by atomic mass is 10.00. The first-order valence-corrected chi connectivity index (χ1v) is 13.3. The van der Waals surface area contributed by atoms with Crippen molar-refractivity contribution in [3.63, 3.8) is 0 Å². The summed E-state index contributed by atoms with van der Waals surface area (Å²) in [7, 11) is 0. The Bertz CT molecular complexity index is 1210. The molecule has 2 aliphatic rings. The van der Waals surface area contributed by atoms with Gasteiger partial charge >= 0.3 is 0 Å². The first-order valence-electron chi connectivity index (χ1n) is 13.0. The van der Waals surface area contributed by atoms with Gasteiger partial charge in [0.25, 0.3) is 0 Å². The summed E-state index contributed by atoms with van der Waals surface area (Å²) in [6.07, 6.45) is 3.85. The molecular formula is C30H32ClFN2O3. The summed E-state index contributed by atoms with van der Waals surface area (Å²) < 4.78 is 19.0. The SMILES string of the molecule is O=C(Cc1ccc(-c2ccc(F)cc2)cc1)N[C@H](CN1CCCC1)[C@H](O)c1ccc(OC2CC2)c(Cl)c1. The molecule has 1 heterocycles. The average Bonchev–Trinajstić information content (AvgIpc) is 3.57. The van der Waals surface area contributed by atoms with E-state index in [2.05, 4.69) is 10.2 Å². The first kappa shape index (κ1) is 25.7. The molecular weight excluding hydrogens is 491 g/mol. The van der Waals surface area contributed by atoms with Gasteiger partial charge in [0, 0.05) is 6.54 Å². The van der Waals surface area contributed by atoms with E-state index in [0.717, 1.165) is 55.5 Å². The van der Waals surface area contributed by atoms with Gasteiger partial charge in [-0.25, -0.2) is 4.39 Å². The molecule has 3 aromatic carbocycles. The standard InChI is InChI=1S/C30H32ClFN2O3/c31-26-18-23(9-14-28(26)37-25-12-13-25)30(36)27(19-34-15-1-2-16-34)33-29(35)17-20-3-5-21(6-4-20)22-7-10-24(32)11-8-22/h3-11,14,18,25,27,30,36H,1-2,12-13,15-17,19H2,(H,33,35)/t27-,30-/m1/s1. The van der Waals surface area contributed by atoms with Crippen molar-refractivity contribution in [3.05, 3.63) is 88.7 Å². The van der Waals surface area contributed by atoms with Gasteiger partial charge in [0.2, 0.25) is 5.91 Å². The molecule has 3 aromatic rings. The fourth-order valence-electron chi connectivity index (χ4n) is 4.76. The van der Waals surface area contributed by atoms with Gasteiger partial charge in [-0.2, -0.15) is 0 Å². The second-order valence-corrected chi connectivity index (χ2v) is 10.4. The molecule has 1 aliphatic carbocycles. The molecule has 5 rings (SSSR count). The molecule has 0 unspecified atom stereocenters. The highest BCUT2D eigenvalue weighted by atomic mass is 35.5. The van der Waals surface area contributed by atoms with Crippen LogP contribution in [0.1, 0.15) is 42.9 Å². The number of aliphatic hydroxyl groups excluding tert-OH is 1. The largest absolute Gasteiger partial charge is 0.489 e. The van der Waals surface area contributed by atoms with Crippen molar-refractivity contribution in [2.45, 2.75) is 50.4 Å². The molecule has 194 valence electrons. The Morgan fingerprint density at radius 1 is 1.03 bits per heavy atom. The molecule has 0 radical (unpaired) electrons. The van der Waals surface area contributed by atoms with Crippen LogP contribution in [-0.4, -0.2) is 47.7 Å². The maximum atomic E-state index is 13.2. The zero-order chi connectivity index (χ0) is 25.8. The minimum absolute atomic E-state index is 0.155. The van der Waals surface area contributed by atoms with Crippen molar-refractivity contribution in [1.82, 2.24) is 10.2 Å². The van der Waals surface area contributed by atoms with Gasteiger partial charge in [0.1, 0.15) is 17.7 Å². The van der Waals surface area contributed by atoms with Crippen LogP contribution in [0.25, 0.3) is 11.1 Å². The summed E-state index contributed by atoms with van der Waals surface area (Å²) in [5.41, 5.74) is 3.39. The number of likely N-dealkylation sites (tertiary alicyclic amines) is 1. The molecule has 1 saturated carbocycles. The molecule has 0 aromatic heterocycles. The first-order chi connectivity index (χ1) is 17.9. The van der Waals surface area contributed by atoms with Gasteiger partial charge in [0.05, 0.1) is 23.6 Å². The van der Waals surface area contributed by atoms with Crippen LogP contribution >= 0.6 is 11.6 Å². The minimum atomic E-state index is -0.905. The second kappa shape index (κ2) is 11.6. The van der Waals surface area contributed by atoms with E-state index in [1.807, 2.05) is 30.3 Å². The quantitative estimate of drug-likeness (QED) is 0.367. The third-order valence-corrected chi connectivity index (χ3v) is 7.29. The molecule has 0 bridgehead atoms. The zero-order valence-corrected chi connectivity index (χ0v) is 21.5. The van der Waals surface area contributed by atoms with E-state index < -0.39 is 12.1 Å². The maximum Gasteiger partial charge on any atom is 0.224 e. The molecule has 1 saturated heterocycles. The van der Waals surface area contributed by atoms with E-state index in [4.69, 9.17) is 16.3 Å². The van der Waals surface area contributed by atoms with Gasteiger partial charge in [-0.15, -0.1) is 0 Å². The lowest BCUT2D eigenvalue weighted by molar-refractivity contribution is -0.122. The Morgan fingerprint density at radius 2 is 1.68 bits per heavy atom. The number of aliphatic hydroxyl groups is 1. The monoisotopic (exact) mass is 522 g/mol. The Labute approximate surface area is 222 Å². The highest BCUT2D eigenvalue weighted by molar-refractivity contribution is 6.32. The Kier molecular flexibility index (Phi) is 8.08. The number of halogens is 2. The molecule has 1 amide bonds. The lowest BCUT2D eigenvalue weighted by Gasteiger charge is -2.29. The van der Waals surface area contributed by atoms with E-state index in [1.165, 1.54) is 12.1 Å². The normalized spacial score (nSPS) is 17.4. The lowest BCUT2D eigenvalue weighted by Crippen LogP contribution is -2.47. The highest BCUT2D eigenvalue weighted by Crippen LogP contribution is 2.34. The van der Waals surface area contributed by atoms with Crippen molar-refractivity contribution in [1.29, 1.82) is 0 Å². The van der Waals surface area contributed by atoms with Gasteiger partial charge in [-0.05, 0) is 85.3 Å². The number of hydrogen-bond donors (Lipinski definition) is 2. The fraction of sp³-hybridized carbons (Fsp3) is 0.367. The Morgan fingerprint density at radius 3 is 2.30 bits per heavy atom. The molecule has 2 atom stereocenters. The number of hydrogen-bond acceptors (Lipinski definition) is 4. The molecule has 1 aliphatic heterocycles. The van der Waals surface area contributed by atoms with Crippen LogP contribution in [0.5, 0.6) is 5.75 Å². The summed E-state index contributed by atoms with van der Waals surface area (Å²) in [5.74, 6) is 0.203. The van der Waals surface area contributed by atoms with Crippen LogP contribution in [0.4, 0.5) is 4.39 Å². The summed E-state index contributed by atoms with van der Waals surface area (Å²) in [4.78, 5) is 15.3. The number of ether oxygens (including phenoxy) is 1. The van der Waals surface area contributed by atoms with Crippen LogP contribution in [0.2, 0.25) is 5.02 Å². The van der Waals surface area contributed by atoms with Crippen molar-refractivity contribution < 1.29 is 19.0 Å². The second-order valence-electron chi connectivity index (χ2n) is 10.0. The number of nitrogens with zero attached hydrogens (tertiary/aromatic N) is 1. The van der Waals surface area contributed by atoms with E-state index in [0.29, 0.717) is 22.9 Å². The smallest absolute Gasteiger partial charge is 0.224 e. The molecule has 2 fully saturated rings. The molecule has 0 spiro atoms. The number of benzene rings is 3. The van der Waals surface area contributed by atoms with Crippen molar-refractivity contribution >= 4 is 17.5 Å². The third kappa shape index (κ3) is 6.89. The number of carbonyl (C=O) groups is 1. The number of amides is 1. The summed E-state index contributed by atoms with van der Waals surface area (Å²) in [6, 6.07) is 18.9. The van der Waals surface area contributed by atoms with Crippen LogP contribution in [0, 0.1) is 5.82 Å². The van der Waals surface area contributed by atoms with Crippen LogP contribution in [-0.2, 0) is 11.2 Å². The van der Waals surface area contributed by atoms with Crippen LogP contribution in [0.3, 0.4) is 0 Å². The van der Waals surface area contributed by atoms with E-state index in [1.54, 1.807) is 24.3 Å². The van der Waals surface area contributed by atoms with Gasteiger partial charge < -0.3 is 20.1 Å². The van der Waals surface area contributed by atoms with E-state index in [-0.39, 0.29) is 24.2 Å². The minimum Gasteiger partial charge on any atom is -0.489 e. The third-order valence-electron chi connectivity index (χ3n) is 6.99. The average molecular weight is 523 g/mol. The number of rotatable bonds is 10. The van der Waals surface area contributed by atoms with E-state index >= 15 is 0 Å². The molecule has 2 N–H and O–H groups in total. The Hall–Kier alpha value is -2.93. The van der Waals surface area contributed by atoms with Gasteiger partial charge in [-0.1, -0.05) is 54.1 Å². The summed E-state index contributed by atoms with van der Waals surface area (Å²) >= 11 is 6.45. The van der Waals surface area contributed by atoms with Gasteiger partial charge in [0.15, 0.2) is 0 Å². The Balaban J connectivity index is 1.25. The van der Waals surface area contributed by atoms with Crippen LogP contribution in [0.15, 0.2) is 66.7 Å². The molecule has 37 heavy (non-hydrogen) atoms. The topological polar surface area (TPSA) is 61.8 Å². The molecule has 5 nitrogen and oxygen atoms in total. The van der Waals surface area contributed by atoms with Gasteiger partial charge in [-0.3, -0.25) is 4.79 Å². The summed E-state index contributed by atoms with van der Waals surface area (Å²) in [6.45, 7) is 2.48. The van der Waals surface area contributed by atoms with Crippen molar-refractivity contribution in [3.8, 4) is 16.9 Å². The van der Waals surface area contributed by atoms with Crippen molar-refractivity contribution in [2.75, 3.05) is 19.6 Å². The summed E-state index contributed by atoms with van der Waals surface area (Å²) in [5, 5.41) is 14.8. The number of nitrogens with one attached hydrogen (secondary N) is 1. The highest BCUT2D eigenvalue weighted by Gasteiger charge is 2.28. The van der Waals surface area contributed by atoms with Crippen molar-refractivity contribution in [2.24, 2.45) is 0 Å². The van der Waals surface area contributed by atoms with Crippen LogP contribution < -0.4 is 10.1 Å². The molecule has 7 heteroatoms. The van der Waals surface area contributed by atoms with E-state index in [9.17, 15) is 14.3 Å². The number of carbonyl (C=O) groups excluding carboxylic acids is 1. The zero-order valence-electron chi connectivity index (χ0n) is 20.7. The predicted molar refractivity (Wildman–Crippen MR) is 143 cm³/mol. The fourth-order valence-corrected chi connectivity index (χ4v) is 5.00.